The van der Waals surface area contributed by atoms with Crippen molar-refractivity contribution in [3.05, 3.63) is 0 Å². The lowest BCUT2D eigenvalue weighted by Crippen LogP contribution is -2.37. The topological polar surface area (TPSA) is 78.5 Å². The number of hydrogen-bond acceptors (Lipinski definition) is 5. The fourth-order valence-corrected chi connectivity index (χ4v) is 3.73. The van der Waals surface area contributed by atoms with Crippen LogP contribution in [0.5, 0.6) is 0 Å². The van der Waals surface area contributed by atoms with Crippen molar-refractivity contribution in [2.45, 2.75) is 25.3 Å². The second kappa shape index (κ2) is 7.81. The van der Waals surface area contributed by atoms with Crippen LogP contribution < -0.4 is 10.6 Å². The van der Waals surface area contributed by atoms with Crippen LogP contribution >= 0.6 is 0 Å². The maximum Gasteiger partial charge on any atom is 0.221 e. The number of nitrogens with one attached hydrogen (secondary N) is 2. The molecule has 7 heteroatoms. The van der Waals surface area contributed by atoms with Crippen molar-refractivity contribution >= 4 is 15.7 Å². The van der Waals surface area contributed by atoms with Gasteiger partial charge in [-0.1, -0.05) is 0 Å². The number of amides is 1. The molecule has 19 heavy (non-hydrogen) atoms. The zero-order chi connectivity index (χ0) is 14.3. The lowest BCUT2D eigenvalue weighted by atomic mass is 10.2. The van der Waals surface area contributed by atoms with Crippen molar-refractivity contribution in [3.8, 4) is 0 Å². The number of sulfone groups is 1. The van der Waals surface area contributed by atoms with Crippen LogP contribution in [-0.2, 0) is 14.6 Å². The Bertz CT molecular complexity index is 382. The van der Waals surface area contributed by atoms with Crippen LogP contribution in [0.4, 0.5) is 0 Å². The van der Waals surface area contributed by atoms with Crippen LogP contribution in [0, 0.1) is 0 Å². The van der Waals surface area contributed by atoms with Gasteiger partial charge >= 0.3 is 0 Å². The number of hydrogen-bond donors (Lipinski definition) is 2. The van der Waals surface area contributed by atoms with Gasteiger partial charge in [-0.05, 0) is 40.0 Å². The molecule has 1 unspecified atom stereocenters. The Morgan fingerprint density at radius 3 is 2.63 bits per heavy atom. The quantitative estimate of drug-likeness (QED) is 0.574. The van der Waals surface area contributed by atoms with Gasteiger partial charge in [-0.2, -0.15) is 0 Å². The molecule has 1 rings (SSSR count). The molecule has 0 bridgehead atoms. The van der Waals surface area contributed by atoms with Gasteiger partial charge in [0.25, 0.3) is 0 Å². The van der Waals surface area contributed by atoms with Gasteiger partial charge in [0.15, 0.2) is 9.84 Å². The van der Waals surface area contributed by atoms with Crippen LogP contribution in [0.2, 0.25) is 0 Å². The fraction of sp³-hybridized carbons (Fsp3) is 0.917. The summed E-state index contributed by atoms with van der Waals surface area (Å²) in [5, 5.41) is 5.98. The predicted molar refractivity (Wildman–Crippen MR) is 75.9 cm³/mol. The summed E-state index contributed by atoms with van der Waals surface area (Å²) in [6, 6.07) is -0.189. The Labute approximate surface area is 115 Å². The van der Waals surface area contributed by atoms with Crippen molar-refractivity contribution < 1.29 is 13.2 Å². The molecule has 1 heterocycles. The summed E-state index contributed by atoms with van der Waals surface area (Å²) >= 11 is 0. The van der Waals surface area contributed by atoms with E-state index in [0.717, 1.165) is 19.5 Å². The Balaban J connectivity index is 2.03. The molecule has 0 aliphatic carbocycles. The van der Waals surface area contributed by atoms with Gasteiger partial charge in [0.2, 0.25) is 5.91 Å². The van der Waals surface area contributed by atoms with Gasteiger partial charge in [0.1, 0.15) is 0 Å². The van der Waals surface area contributed by atoms with Gasteiger partial charge in [0, 0.05) is 19.0 Å². The van der Waals surface area contributed by atoms with E-state index in [0.29, 0.717) is 19.4 Å². The molecule has 0 aromatic heterocycles. The van der Waals surface area contributed by atoms with Crippen LogP contribution in [-0.4, -0.2) is 70.5 Å². The molecule has 0 radical (unpaired) electrons. The fourth-order valence-electron chi connectivity index (χ4n) is 2.06. The summed E-state index contributed by atoms with van der Waals surface area (Å²) in [7, 11) is 1.14. The Hall–Kier alpha value is -0.660. The molecule has 1 saturated heterocycles. The highest BCUT2D eigenvalue weighted by atomic mass is 32.2. The van der Waals surface area contributed by atoms with E-state index in [4.69, 9.17) is 0 Å². The average molecular weight is 291 g/mol. The molecule has 0 saturated carbocycles. The minimum absolute atomic E-state index is 0.0674. The Kier molecular flexibility index (Phi) is 6.74. The molecule has 112 valence electrons. The SMILES string of the molecule is CN(C)CCCNCCC(=O)NC1CCS(=O)(=O)C1. The van der Waals surface area contributed by atoms with Crippen LogP contribution in [0.1, 0.15) is 19.3 Å². The molecule has 0 aromatic carbocycles. The normalized spacial score (nSPS) is 21.7. The summed E-state index contributed by atoms with van der Waals surface area (Å²) < 4.78 is 22.5. The van der Waals surface area contributed by atoms with E-state index < -0.39 is 9.84 Å². The van der Waals surface area contributed by atoms with Crippen molar-refractivity contribution in [3.63, 3.8) is 0 Å². The third-order valence-electron chi connectivity index (χ3n) is 3.09. The first kappa shape index (κ1) is 16.4. The van der Waals surface area contributed by atoms with Gasteiger partial charge in [-0.25, -0.2) is 8.42 Å². The maximum absolute atomic E-state index is 11.6. The predicted octanol–water partition coefficient (Wildman–Crippen LogP) is -0.779. The minimum atomic E-state index is -2.92. The van der Waals surface area contributed by atoms with E-state index in [9.17, 15) is 13.2 Å². The molecule has 6 nitrogen and oxygen atoms in total. The van der Waals surface area contributed by atoms with Crippen LogP contribution in [0.15, 0.2) is 0 Å². The monoisotopic (exact) mass is 291 g/mol. The zero-order valence-electron chi connectivity index (χ0n) is 11.8. The molecule has 1 aliphatic rings. The molecular formula is C12H25N3O3S. The summed E-state index contributed by atoms with van der Waals surface area (Å²) in [4.78, 5) is 13.7. The highest BCUT2D eigenvalue weighted by Crippen LogP contribution is 2.11. The van der Waals surface area contributed by atoms with E-state index in [1.165, 1.54) is 0 Å². The molecule has 0 aromatic rings. The van der Waals surface area contributed by atoms with Gasteiger partial charge in [0.05, 0.1) is 11.5 Å². The van der Waals surface area contributed by atoms with E-state index in [1.807, 2.05) is 14.1 Å². The number of carbonyl (C=O) groups excluding carboxylic acids is 1. The van der Waals surface area contributed by atoms with Crippen LogP contribution in [0.25, 0.3) is 0 Å². The molecule has 0 spiro atoms. The summed E-state index contributed by atoms with van der Waals surface area (Å²) in [5.41, 5.74) is 0. The van der Waals surface area contributed by atoms with E-state index >= 15 is 0 Å². The van der Waals surface area contributed by atoms with E-state index in [1.54, 1.807) is 0 Å². The van der Waals surface area contributed by atoms with E-state index in [-0.39, 0.29) is 23.5 Å². The average Bonchev–Trinajstić information content (AvgIpc) is 2.62. The first-order valence-corrected chi connectivity index (χ1v) is 8.56. The van der Waals surface area contributed by atoms with E-state index in [2.05, 4.69) is 15.5 Å². The second-order valence-electron chi connectivity index (χ2n) is 5.32. The van der Waals surface area contributed by atoms with Crippen LogP contribution in [0.3, 0.4) is 0 Å². The lowest BCUT2D eigenvalue weighted by molar-refractivity contribution is -0.121. The molecular weight excluding hydrogens is 266 g/mol. The van der Waals surface area contributed by atoms with Gasteiger partial charge in [-0.15, -0.1) is 0 Å². The second-order valence-corrected chi connectivity index (χ2v) is 7.55. The smallest absolute Gasteiger partial charge is 0.221 e. The zero-order valence-corrected chi connectivity index (χ0v) is 12.6. The van der Waals surface area contributed by atoms with Gasteiger partial charge < -0.3 is 15.5 Å². The standard InChI is InChI=1S/C12H25N3O3S/c1-15(2)8-3-6-13-7-4-12(16)14-11-5-9-19(17,18)10-11/h11,13H,3-10H2,1-2H3,(H,14,16). The van der Waals surface area contributed by atoms with Crippen molar-refractivity contribution in [1.29, 1.82) is 0 Å². The minimum Gasteiger partial charge on any atom is -0.352 e. The Morgan fingerprint density at radius 2 is 2.05 bits per heavy atom. The summed E-state index contributed by atoms with van der Waals surface area (Å²) in [5.74, 6) is 0.220. The Morgan fingerprint density at radius 1 is 1.32 bits per heavy atom. The highest BCUT2D eigenvalue weighted by Gasteiger charge is 2.28. The third kappa shape index (κ3) is 7.49. The van der Waals surface area contributed by atoms with Crippen molar-refractivity contribution in [2.75, 3.05) is 45.2 Å². The van der Waals surface area contributed by atoms with Crippen molar-refractivity contribution in [2.24, 2.45) is 0 Å². The van der Waals surface area contributed by atoms with Crippen molar-refractivity contribution in [1.82, 2.24) is 15.5 Å². The third-order valence-corrected chi connectivity index (χ3v) is 4.85. The molecule has 1 aliphatic heterocycles. The number of rotatable bonds is 8. The number of nitrogens with zero attached hydrogens (tertiary/aromatic N) is 1. The van der Waals surface area contributed by atoms with Gasteiger partial charge in [-0.3, -0.25) is 4.79 Å². The first-order valence-electron chi connectivity index (χ1n) is 6.74. The maximum atomic E-state index is 11.6. The summed E-state index contributed by atoms with van der Waals surface area (Å²) in [6.45, 7) is 2.56. The summed E-state index contributed by atoms with van der Waals surface area (Å²) in [6.07, 6.45) is 2.00. The first-order chi connectivity index (χ1) is 8.89. The largest absolute Gasteiger partial charge is 0.352 e. The molecule has 2 N–H and O–H groups in total. The molecule has 1 atom stereocenters. The molecule has 1 fully saturated rings. The number of carbonyl (C=O) groups is 1. The lowest BCUT2D eigenvalue weighted by Gasteiger charge is -2.12. The molecule has 1 amide bonds. The highest BCUT2D eigenvalue weighted by molar-refractivity contribution is 7.91.